The number of hydrogen-bond donors (Lipinski definition) is 4. The Hall–Kier alpha value is -4.39. The molecule has 3 aromatic rings. The highest BCUT2D eigenvalue weighted by Crippen LogP contribution is 2.44. The summed E-state index contributed by atoms with van der Waals surface area (Å²) in [6.45, 7) is 10.00. The van der Waals surface area contributed by atoms with Crippen LogP contribution in [0.25, 0.3) is 0 Å². The van der Waals surface area contributed by atoms with Crippen molar-refractivity contribution in [3.8, 4) is 0 Å². The number of ether oxygens (including phenoxy) is 3. The maximum Gasteiger partial charge on any atom is 0.331 e. The van der Waals surface area contributed by atoms with Gasteiger partial charge in [-0.05, 0) is 71.9 Å². The Labute approximate surface area is 352 Å². The molecule has 0 heterocycles. The molecular formula is C45H58ClN3O8S. The lowest BCUT2D eigenvalue weighted by molar-refractivity contribution is -0.158. The van der Waals surface area contributed by atoms with E-state index in [1.165, 1.54) is 31.2 Å². The minimum Gasteiger partial charge on any atom is -0.460 e. The zero-order valence-electron chi connectivity index (χ0n) is 34.3. The summed E-state index contributed by atoms with van der Waals surface area (Å²) in [4.78, 5) is 67.2. The molecule has 0 aromatic heterocycles. The Morgan fingerprint density at radius 2 is 1.21 bits per heavy atom. The number of esters is 3. The van der Waals surface area contributed by atoms with Crippen molar-refractivity contribution in [3.05, 3.63) is 106 Å². The van der Waals surface area contributed by atoms with E-state index in [0.717, 1.165) is 12.8 Å². The molecule has 0 saturated heterocycles. The molecule has 58 heavy (non-hydrogen) atoms. The molecule has 1 fully saturated rings. The molecular weight excluding hydrogens is 778 g/mol. The van der Waals surface area contributed by atoms with Gasteiger partial charge in [0.1, 0.15) is 23.3 Å². The maximum absolute atomic E-state index is 14.5. The number of amides is 2. The molecule has 314 valence electrons. The fraction of sp³-hybridized carbons (Fsp3) is 0.489. The normalized spacial score (nSPS) is 16.4. The second-order valence-electron chi connectivity index (χ2n) is 16.8. The van der Waals surface area contributed by atoms with Gasteiger partial charge in [-0.25, -0.2) is 4.79 Å². The SMILES string of the molecule is CC(C)(C)OC(=O)CC(N)C(=O)N[C@@H](CC(=O)OC(C)(C)C)C(=O)N[C@@H](CS)C(=O)OC(c1ccccc1)(c1ccc(C2CCCCCC2)cc1)c1ccccc1Cl. The molecule has 3 aromatic carbocycles. The van der Waals surface area contributed by atoms with Crippen LogP contribution in [0.2, 0.25) is 5.02 Å². The summed E-state index contributed by atoms with van der Waals surface area (Å²) in [7, 11) is 0. The Bertz CT molecular complexity index is 1870. The van der Waals surface area contributed by atoms with Crippen LogP contribution in [0.3, 0.4) is 0 Å². The maximum atomic E-state index is 14.5. The fourth-order valence-corrected chi connectivity index (χ4v) is 7.55. The van der Waals surface area contributed by atoms with Crippen LogP contribution in [0, 0.1) is 0 Å². The monoisotopic (exact) mass is 835 g/mol. The zero-order chi connectivity index (χ0) is 42.7. The van der Waals surface area contributed by atoms with E-state index in [4.69, 9.17) is 31.5 Å². The molecule has 0 aliphatic heterocycles. The number of benzene rings is 3. The van der Waals surface area contributed by atoms with Crippen LogP contribution >= 0.6 is 24.2 Å². The van der Waals surface area contributed by atoms with Crippen molar-refractivity contribution in [2.75, 3.05) is 5.75 Å². The van der Waals surface area contributed by atoms with Crippen molar-refractivity contribution < 1.29 is 38.2 Å². The van der Waals surface area contributed by atoms with E-state index < -0.39 is 77.5 Å². The van der Waals surface area contributed by atoms with Gasteiger partial charge in [-0.2, -0.15) is 12.6 Å². The summed E-state index contributed by atoms with van der Waals surface area (Å²) < 4.78 is 17.4. The van der Waals surface area contributed by atoms with Gasteiger partial charge >= 0.3 is 17.9 Å². The first-order valence-corrected chi connectivity index (χ1v) is 20.9. The van der Waals surface area contributed by atoms with Crippen molar-refractivity contribution >= 4 is 54.0 Å². The topological polar surface area (TPSA) is 163 Å². The predicted octanol–water partition coefficient (Wildman–Crippen LogP) is 7.30. The van der Waals surface area contributed by atoms with Crippen LogP contribution in [-0.4, -0.2) is 64.8 Å². The quantitative estimate of drug-likeness (QED) is 0.0405. The lowest BCUT2D eigenvalue weighted by atomic mass is 9.79. The molecule has 13 heteroatoms. The van der Waals surface area contributed by atoms with Crippen molar-refractivity contribution in [2.45, 2.75) is 134 Å². The summed E-state index contributed by atoms with van der Waals surface area (Å²) in [5.41, 5.74) is 5.69. The Kier molecular flexibility index (Phi) is 16.4. The summed E-state index contributed by atoms with van der Waals surface area (Å²) in [6, 6.07) is 20.1. The molecule has 2 amide bonds. The molecule has 4 atom stereocenters. The highest BCUT2D eigenvalue weighted by molar-refractivity contribution is 7.80. The molecule has 11 nitrogen and oxygen atoms in total. The highest BCUT2D eigenvalue weighted by Gasteiger charge is 2.44. The largest absolute Gasteiger partial charge is 0.460 e. The van der Waals surface area contributed by atoms with Crippen LogP contribution in [0.1, 0.15) is 121 Å². The second-order valence-corrected chi connectivity index (χ2v) is 17.5. The van der Waals surface area contributed by atoms with E-state index in [1.54, 1.807) is 59.7 Å². The highest BCUT2D eigenvalue weighted by atomic mass is 35.5. The summed E-state index contributed by atoms with van der Waals surface area (Å²) in [5.74, 6) is -3.97. The van der Waals surface area contributed by atoms with Crippen molar-refractivity contribution in [1.82, 2.24) is 10.6 Å². The number of carbonyl (C=O) groups excluding carboxylic acids is 5. The van der Waals surface area contributed by atoms with Crippen molar-refractivity contribution in [1.29, 1.82) is 0 Å². The van der Waals surface area contributed by atoms with Crippen molar-refractivity contribution in [3.63, 3.8) is 0 Å². The first-order valence-electron chi connectivity index (χ1n) is 19.9. The number of thiol groups is 1. The van der Waals surface area contributed by atoms with Gasteiger partial charge in [-0.15, -0.1) is 0 Å². The summed E-state index contributed by atoms with van der Waals surface area (Å²) >= 11 is 11.4. The molecule has 0 radical (unpaired) electrons. The third-order valence-corrected chi connectivity index (χ3v) is 10.4. The lowest BCUT2D eigenvalue weighted by Gasteiger charge is -2.37. The number of rotatable bonds is 15. The van der Waals surface area contributed by atoms with Crippen LogP contribution < -0.4 is 16.4 Å². The average Bonchev–Trinajstić information content (AvgIpc) is 3.45. The number of nitrogens with one attached hydrogen (secondary N) is 2. The minimum atomic E-state index is -1.58. The fourth-order valence-electron chi connectivity index (χ4n) is 7.04. The van der Waals surface area contributed by atoms with E-state index in [9.17, 15) is 24.0 Å². The Balaban J connectivity index is 1.69. The number of hydrogen-bond acceptors (Lipinski definition) is 10. The van der Waals surface area contributed by atoms with E-state index in [1.807, 2.05) is 48.5 Å². The lowest BCUT2D eigenvalue weighted by Crippen LogP contribution is -2.56. The zero-order valence-corrected chi connectivity index (χ0v) is 36.0. The van der Waals surface area contributed by atoms with Gasteiger partial charge in [0.25, 0.3) is 0 Å². The number of nitrogens with two attached hydrogens (primary N) is 1. The molecule has 0 bridgehead atoms. The van der Waals surface area contributed by atoms with E-state index >= 15 is 0 Å². The molecule has 0 spiro atoms. The van der Waals surface area contributed by atoms with E-state index in [0.29, 0.717) is 27.6 Å². The van der Waals surface area contributed by atoms with Crippen LogP contribution in [0.5, 0.6) is 0 Å². The van der Waals surface area contributed by atoms with Crippen LogP contribution in [0.4, 0.5) is 0 Å². The minimum absolute atomic E-state index is 0.218. The van der Waals surface area contributed by atoms with Gasteiger partial charge in [0, 0.05) is 27.5 Å². The second kappa shape index (κ2) is 20.5. The van der Waals surface area contributed by atoms with Gasteiger partial charge in [0.2, 0.25) is 11.8 Å². The Morgan fingerprint density at radius 1 is 0.690 bits per heavy atom. The van der Waals surface area contributed by atoms with Crippen molar-refractivity contribution in [2.24, 2.45) is 5.73 Å². The van der Waals surface area contributed by atoms with Gasteiger partial charge in [0.15, 0.2) is 5.60 Å². The Morgan fingerprint density at radius 3 is 1.76 bits per heavy atom. The summed E-state index contributed by atoms with van der Waals surface area (Å²) in [5, 5.41) is 5.43. The van der Waals surface area contributed by atoms with Gasteiger partial charge in [-0.3, -0.25) is 19.2 Å². The number of carbonyl (C=O) groups is 5. The standard InChI is InChI=1S/C45H58ClN3O8S/c1-43(2,3)55-38(50)26-35(47)40(52)48-36(27-39(51)56-44(4,5)6)41(53)49-37(28-58)42(54)57-45(31-18-12-9-13-19-31,33-20-14-15-21-34(33)46)32-24-22-30(23-25-32)29-16-10-7-8-11-17-29/h9,12-15,18-25,29,35-37,58H,7-8,10-11,16-17,26-28,47H2,1-6H3,(H,48,52)(H,49,53)/t35?,36-,37-,45?/m0/s1. The van der Waals surface area contributed by atoms with Crippen LogP contribution in [-0.2, 0) is 43.8 Å². The predicted molar refractivity (Wildman–Crippen MR) is 227 cm³/mol. The van der Waals surface area contributed by atoms with Gasteiger partial charge < -0.3 is 30.6 Å². The molecule has 2 unspecified atom stereocenters. The molecule has 4 N–H and O–H groups in total. The first kappa shape index (κ1) is 46.3. The molecule has 1 saturated carbocycles. The summed E-state index contributed by atoms with van der Waals surface area (Å²) in [6.07, 6.45) is 5.93. The third kappa shape index (κ3) is 13.1. The van der Waals surface area contributed by atoms with Crippen LogP contribution in [0.15, 0.2) is 78.9 Å². The molecule has 1 aliphatic rings. The smallest absolute Gasteiger partial charge is 0.331 e. The van der Waals surface area contributed by atoms with Gasteiger partial charge in [0.05, 0.1) is 18.9 Å². The molecule has 1 aliphatic carbocycles. The first-order chi connectivity index (χ1) is 27.3. The third-order valence-electron chi connectivity index (χ3n) is 9.68. The average molecular weight is 836 g/mol. The number of halogens is 1. The molecule has 4 rings (SSSR count). The van der Waals surface area contributed by atoms with E-state index in [2.05, 4.69) is 35.4 Å². The van der Waals surface area contributed by atoms with E-state index in [-0.39, 0.29) is 5.75 Å². The van der Waals surface area contributed by atoms with Gasteiger partial charge in [-0.1, -0.05) is 110 Å².